The Morgan fingerprint density at radius 1 is 1.14 bits per heavy atom. The van der Waals surface area contributed by atoms with Gasteiger partial charge in [-0.1, -0.05) is 47.1 Å². The fraction of sp³-hybridized carbons (Fsp3) is 0.318. The van der Waals surface area contributed by atoms with Gasteiger partial charge >= 0.3 is 0 Å². The topological polar surface area (TPSA) is 68.5 Å². The first-order chi connectivity index (χ1) is 13.5. The van der Waals surface area contributed by atoms with Crippen molar-refractivity contribution in [3.8, 4) is 17.1 Å². The number of ether oxygens (including phenoxy) is 1. The molecule has 3 aromatic rings. The maximum absolute atomic E-state index is 13.2. The number of aryl methyl sites for hydroxylation is 1. The van der Waals surface area contributed by atoms with E-state index in [-0.39, 0.29) is 18.5 Å². The van der Waals surface area contributed by atoms with Gasteiger partial charge in [0.25, 0.3) is 5.91 Å². The summed E-state index contributed by atoms with van der Waals surface area (Å²) in [5.41, 5.74) is 2.57. The Bertz CT molecular complexity index is 932. The molecule has 6 heteroatoms. The Morgan fingerprint density at radius 3 is 2.54 bits per heavy atom. The molecule has 1 amide bonds. The normalized spacial score (nSPS) is 10.9. The van der Waals surface area contributed by atoms with Gasteiger partial charge in [0.15, 0.2) is 0 Å². The van der Waals surface area contributed by atoms with Crippen molar-refractivity contribution in [2.75, 3.05) is 6.61 Å². The summed E-state index contributed by atoms with van der Waals surface area (Å²) < 4.78 is 11.0. The third-order valence-corrected chi connectivity index (χ3v) is 4.38. The SMILES string of the molecule is CCOc1ccccc1C(=O)N(Cc1nc(-c2ccc(C)cc2)no1)C(C)C. The summed E-state index contributed by atoms with van der Waals surface area (Å²) in [7, 11) is 0. The minimum absolute atomic E-state index is 0.0445. The Balaban J connectivity index is 1.82. The minimum Gasteiger partial charge on any atom is -0.493 e. The van der Waals surface area contributed by atoms with E-state index in [1.165, 1.54) is 0 Å². The lowest BCUT2D eigenvalue weighted by atomic mass is 10.1. The Labute approximate surface area is 165 Å². The van der Waals surface area contributed by atoms with Gasteiger partial charge in [-0.2, -0.15) is 4.98 Å². The first-order valence-corrected chi connectivity index (χ1v) is 9.42. The highest BCUT2D eigenvalue weighted by Crippen LogP contribution is 2.23. The molecule has 0 fully saturated rings. The van der Waals surface area contributed by atoms with E-state index < -0.39 is 0 Å². The van der Waals surface area contributed by atoms with Crippen molar-refractivity contribution >= 4 is 5.91 Å². The van der Waals surface area contributed by atoms with Crippen LogP contribution in [-0.4, -0.2) is 33.6 Å². The van der Waals surface area contributed by atoms with Crippen LogP contribution >= 0.6 is 0 Å². The molecule has 0 radical (unpaired) electrons. The van der Waals surface area contributed by atoms with Crippen molar-refractivity contribution in [1.82, 2.24) is 15.0 Å². The zero-order valence-corrected chi connectivity index (χ0v) is 16.7. The van der Waals surface area contributed by atoms with Crippen LogP contribution in [0.2, 0.25) is 0 Å². The highest BCUT2D eigenvalue weighted by atomic mass is 16.5. The molecule has 146 valence electrons. The van der Waals surface area contributed by atoms with E-state index in [1.54, 1.807) is 17.0 Å². The number of hydrogen-bond acceptors (Lipinski definition) is 5. The number of benzene rings is 2. The van der Waals surface area contributed by atoms with Gasteiger partial charge in [-0.05, 0) is 39.8 Å². The number of nitrogens with zero attached hydrogens (tertiary/aromatic N) is 3. The molecule has 0 unspecified atom stereocenters. The predicted molar refractivity (Wildman–Crippen MR) is 107 cm³/mol. The number of rotatable bonds is 7. The molecule has 0 aliphatic rings. The van der Waals surface area contributed by atoms with Crippen LogP contribution in [0, 0.1) is 6.92 Å². The minimum atomic E-state index is -0.130. The number of aromatic nitrogens is 2. The standard InChI is InChI=1S/C22H25N3O3/c1-5-27-19-9-7-6-8-18(19)22(26)25(15(2)3)14-20-23-21(24-28-20)17-12-10-16(4)11-13-17/h6-13,15H,5,14H2,1-4H3. The highest BCUT2D eigenvalue weighted by Gasteiger charge is 2.24. The average molecular weight is 379 g/mol. The molecular formula is C22H25N3O3. The summed E-state index contributed by atoms with van der Waals surface area (Å²) in [5.74, 6) is 1.35. The Morgan fingerprint density at radius 2 is 1.86 bits per heavy atom. The number of carbonyl (C=O) groups excluding carboxylic acids is 1. The van der Waals surface area contributed by atoms with Crippen LogP contribution in [0.15, 0.2) is 53.1 Å². The van der Waals surface area contributed by atoms with Crippen molar-refractivity contribution in [2.45, 2.75) is 40.3 Å². The third kappa shape index (κ3) is 4.39. The first kappa shape index (κ1) is 19.6. The van der Waals surface area contributed by atoms with E-state index in [0.29, 0.717) is 29.6 Å². The second-order valence-corrected chi connectivity index (χ2v) is 6.83. The van der Waals surface area contributed by atoms with Crippen LogP contribution < -0.4 is 4.74 Å². The molecule has 1 heterocycles. The van der Waals surface area contributed by atoms with Crippen LogP contribution in [-0.2, 0) is 6.54 Å². The van der Waals surface area contributed by atoms with Gasteiger partial charge < -0.3 is 14.2 Å². The van der Waals surface area contributed by atoms with E-state index in [1.807, 2.05) is 64.1 Å². The summed E-state index contributed by atoms with van der Waals surface area (Å²) in [4.78, 5) is 19.3. The van der Waals surface area contributed by atoms with Gasteiger partial charge in [0, 0.05) is 11.6 Å². The van der Waals surface area contributed by atoms with E-state index >= 15 is 0 Å². The molecule has 3 rings (SSSR count). The smallest absolute Gasteiger partial charge is 0.258 e. The molecule has 0 saturated heterocycles. The molecule has 0 aliphatic carbocycles. The van der Waals surface area contributed by atoms with Crippen molar-refractivity contribution in [1.29, 1.82) is 0 Å². The molecule has 1 aromatic heterocycles. The maximum Gasteiger partial charge on any atom is 0.258 e. The van der Waals surface area contributed by atoms with E-state index in [4.69, 9.17) is 9.26 Å². The second kappa shape index (κ2) is 8.69. The van der Waals surface area contributed by atoms with Crippen LogP contribution in [0.5, 0.6) is 5.75 Å². The van der Waals surface area contributed by atoms with Gasteiger partial charge in [-0.3, -0.25) is 4.79 Å². The number of hydrogen-bond donors (Lipinski definition) is 0. The van der Waals surface area contributed by atoms with Crippen molar-refractivity contribution in [3.05, 3.63) is 65.5 Å². The lowest BCUT2D eigenvalue weighted by Crippen LogP contribution is -2.36. The quantitative estimate of drug-likeness (QED) is 0.605. The van der Waals surface area contributed by atoms with Crippen molar-refractivity contribution in [2.24, 2.45) is 0 Å². The summed E-state index contributed by atoms with van der Waals surface area (Å²) in [6, 6.07) is 15.1. The Hall–Kier alpha value is -3.15. The highest BCUT2D eigenvalue weighted by molar-refractivity contribution is 5.97. The molecule has 0 N–H and O–H groups in total. The monoisotopic (exact) mass is 379 g/mol. The maximum atomic E-state index is 13.2. The van der Waals surface area contributed by atoms with E-state index in [2.05, 4.69) is 10.1 Å². The van der Waals surface area contributed by atoms with Gasteiger partial charge in [0.2, 0.25) is 11.7 Å². The summed E-state index contributed by atoms with van der Waals surface area (Å²) >= 11 is 0. The summed E-state index contributed by atoms with van der Waals surface area (Å²) in [6.07, 6.45) is 0. The molecule has 0 saturated carbocycles. The number of carbonyl (C=O) groups is 1. The molecule has 0 bridgehead atoms. The fourth-order valence-electron chi connectivity index (χ4n) is 2.85. The largest absolute Gasteiger partial charge is 0.493 e. The predicted octanol–water partition coefficient (Wildman–Crippen LogP) is 4.49. The van der Waals surface area contributed by atoms with Crippen molar-refractivity contribution < 1.29 is 14.1 Å². The molecule has 0 aliphatic heterocycles. The summed E-state index contributed by atoms with van der Waals surface area (Å²) in [5, 5.41) is 4.06. The number of amides is 1. The van der Waals surface area contributed by atoms with Gasteiger partial charge in [0.05, 0.1) is 12.2 Å². The zero-order valence-electron chi connectivity index (χ0n) is 16.7. The summed E-state index contributed by atoms with van der Waals surface area (Å²) in [6.45, 7) is 8.56. The lowest BCUT2D eigenvalue weighted by Gasteiger charge is -2.26. The van der Waals surface area contributed by atoms with Crippen LogP contribution in [0.1, 0.15) is 42.6 Å². The van der Waals surface area contributed by atoms with E-state index in [9.17, 15) is 4.79 Å². The molecule has 6 nitrogen and oxygen atoms in total. The molecule has 0 spiro atoms. The Kier molecular flexibility index (Phi) is 6.09. The molecule has 2 aromatic carbocycles. The zero-order chi connectivity index (χ0) is 20.1. The van der Waals surface area contributed by atoms with Gasteiger partial charge in [0.1, 0.15) is 12.3 Å². The van der Waals surface area contributed by atoms with Gasteiger partial charge in [-0.15, -0.1) is 0 Å². The van der Waals surface area contributed by atoms with Crippen LogP contribution in [0.4, 0.5) is 0 Å². The molecule has 0 atom stereocenters. The molecular weight excluding hydrogens is 354 g/mol. The third-order valence-electron chi connectivity index (χ3n) is 4.38. The number of para-hydroxylation sites is 1. The van der Waals surface area contributed by atoms with E-state index in [0.717, 1.165) is 11.1 Å². The fourth-order valence-corrected chi connectivity index (χ4v) is 2.85. The van der Waals surface area contributed by atoms with Gasteiger partial charge in [-0.25, -0.2) is 0 Å². The lowest BCUT2D eigenvalue weighted by molar-refractivity contribution is 0.0663. The first-order valence-electron chi connectivity index (χ1n) is 9.42. The second-order valence-electron chi connectivity index (χ2n) is 6.83. The van der Waals surface area contributed by atoms with Crippen LogP contribution in [0.25, 0.3) is 11.4 Å². The molecule has 28 heavy (non-hydrogen) atoms. The average Bonchev–Trinajstić information content (AvgIpc) is 3.15. The van der Waals surface area contributed by atoms with Crippen LogP contribution in [0.3, 0.4) is 0 Å². The van der Waals surface area contributed by atoms with Crippen molar-refractivity contribution in [3.63, 3.8) is 0 Å².